The van der Waals surface area contributed by atoms with Gasteiger partial charge in [-0.15, -0.1) is 0 Å². The fourth-order valence-corrected chi connectivity index (χ4v) is 6.87. The summed E-state index contributed by atoms with van der Waals surface area (Å²) in [5.74, 6) is -0.789. The van der Waals surface area contributed by atoms with Gasteiger partial charge >= 0.3 is 19.1 Å². The third kappa shape index (κ3) is 7.26. The second-order valence-corrected chi connectivity index (χ2v) is 14.3. The minimum absolute atomic E-state index is 0.00301. The van der Waals surface area contributed by atoms with Crippen molar-refractivity contribution in [1.29, 1.82) is 0 Å². The summed E-state index contributed by atoms with van der Waals surface area (Å²) in [7, 11) is -0.581. The van der Waals surface area contributed by atoms with Crippen LogP contribution in [0.4, 0.5) is 10.5 Å². The molecule has 10 heteroatoms. The Kier molecular flexibility index (Phi) is 9.14. The third-order valence-electron chi connectivity index (χ3n) is 9.09. The van der Waals surface area contributed by atoms with Gasteiger partial charge in [0.25, 0.3) is 0 Å². The topological polar surface area (TPSA) is 115 Å². The highest BCUT2D eigenvalue weighted by Crippen LogP contribution is 2.65. The van der Waals surface area contributed by atoms with E-state index >= 15 is 0 Å². The quantitative estimate of drug-likeness (QED) is 0.271. The second-order valence-electron chi connectivity index (χ2n) is 14.3. The number of carbonyl (C=O) groups is 3. The molecule has 1 saturated heterocycles. The average molecular weight is 570 g/mol. The molecule has 5 rings (SSSR count). The molecule has 226 valence electrons. The molecule has 9 nitrogen and oxygen atoms in total. The summed E-state index contributed by atoms with van der Waals surface area (Å²) < 4.78 is 18.7. The Bertz CT molecular complexity index is 1110. The molecule has 0 spiro atoms. The SMILES string of the molecule is CC(C)C[C@H](NC(=O)[C@H](CNC(=O)Nc1ccccc1)CC(=O)OC(C)(C)C)B1O[C@@H]2C[C@@H]3C[C@@H](C3(C)C)[C@]2(C)O1. The van der Waals surface area contributed by atoms with Crippen molar-refractivity contribution in [2.45, 2.75) is 104 Å². The Morgan fingerprint density at radius 1 is 1.10 bits per heavy atom. The number of rotatable bonds is 10. The molecular formula is C31H48BN3O6. The molecule has 3 saturated carbocycles. The summed E-state index contributed by atoms with van der Waals surface area (Å²) in [5.41, 5.74) is -0.246. The highest BCUT2D eigenvalue weighted by molar-refractivity contribution is 6.47. The number of benzene rings is 1. The van der Waals surface area contributed by atoms with Gasteiger partial charge in [0.15, 0.2) is 0 Å². The molecule has 0 unspecified atom stereocenters. The van der Waals surface area contributed by atoms with Crippen molar-refractivity contribution >= 4 is 30.7 Å². The van der Waals surface area contributed by atoms with Gasteiger partial charge in [0, 0.05) is 12.2 Å². The molecule has 4 aliphatic rings. The number of carbonyl (C=O) groups excluding carboxylic acids is 3. The number of ether oxygens (including phenoxy) is 1. The van der Waals surface area contributed by atoms with E-state index in [1.807, 2.05) is 18.2 Å². The number of esters is 1. The first-order valence-electron chi connectivity index (χ1n) is 15.0. The van der Waals surface area contributed by atoms with Gasteiger partial charge in [-0.25, -0.2) is 4.79 Å². The first-order valence-corrected chi connectivity index (χ1v) is 15.0. The van der Waals surface area contributed by atoms with Crippen molar-refractivity contribution in [2.75, 3.05) is 11.9 Å². The number of hydrogen-bond acceptors (Lipinski definition) is 6. The number of para-hydroxylation sites is 1. The molecule has 1 heterocycles. The van der Waals surface area contributed by atoms with E-state index in [4.69, 9.17) is 14.0 Å². The standard InChI is InChI=1S/C31H48BN3O6/c1-19(2)14-25(32-40-24-17-21-16-23(30(21,6)7)31(24,8)41-32)35-27(37)20(15-26(36)39-29(3,4)5)18-33-28(38)34-22-12-10-9-11-13-22/h9-13,19-21,23-25H,14-18H2,1-8H3,(H,35,37)(H2,33,34,38)/t20-,21-,23-,24+,25-,31-/m0/s1. The highest BCUT2D eigenvalue weighted by atomic mass is 16.7. The summed E-state index contributed by atoms with van der Waals surface area (Å²) >= 11 is 0. The summed E-state index contributed by atoms with van der Waals surface area (Å²) in [6.07, 6.45) is 2.58. The van der Waals surface area contributed by atoms with E-state index in [0.717, 1.165) is 12.8 Å². The number of hydrogen-bond donors (Lipinski definition) is 3. The van der Waals surface area contributed by atoms with Crippen LogP contribution in [-0.2, 0) is 23.6 Å². The van der Waals surface area contributed by atoms with Crippen LogP contribution in [0.2, 0.25) is 0 Å². The lowest BCUT2D eigenvalue weighted by Gasteiger charge is -2.64. The maximum atomic E-state index is 13.7. The number of nitrogens with one attached hydrogen (secondary N) is 3. The van der Waals surface area contributed by atoms with E-state index in [0.29, 0.717) is 23.9 Å². The molecule has 4 fully saturated rings. The van der Waals surface area contributed by atoms with Crippen molar-refractivity contribution in [1.82, 2.24) is 10.6 Å². The minimum atomic E-state index is -0.841. The third-order valence-corrected chi connectivity index (χ3v) is 9.09. The highest BCUT2D eigenvalue weighted by Gasteiger charge is 2.68. The van der Waals surface area contributed by atoms with Gasteiger partial charge in [0.1, 0.15) is 5.60 Å². The lowest BCUT2D eigenvalue weighted by atomic mass is 9.43. The average Bonchev–Trinajstić information content (AvgIpc) is 3.22. The maximum absolute atomic E-state index is 13.7. The van der Waals surface area contributed by atoms with Crippen LogP contribution in [0.15, 0.2) is 30.3 Å². The van der Waals surface area contributed by atoms with Crippen molar-refractivity contribution in [3.8, 4) is 0 Å². The molecule has 3 N–H and O–H groups in total. The first-order chi connectivity index (χ1) is 19.1. The Balaban J connectivity index is 1.45. The van der Waals surface area contributed by atoms with Crippen LogP contribution in [0.5, 0.6) is 0 Å². The van der Waals surface area contributed by atoms with Crippen LogP contribution in [-0.4, -0.2) is 54.8 Å². The molecule has 0 aromatic heterocycles. The lowest BCUT2D eigenvalue weighted by molar-refractivity contribution is -0.199. The van der Waals surface area contributed by atoms with Crippen LogP contribution in [0, 0.1) is 29.1 Å². The van der Waals surface area contributed by atoms with Crippen LogP contribution in [0.3, 0.4) is 0 Å². The molecule has 3 aliphatic carbocycles. The maximum Gasteiger partial charge on any atom is 0.481 e. The molecule has 3 amide bonds. The Morgan fingerprint density at radius 2 is 1.78 bits per heavy atom. The van der Waals surface area contributed by atoms with Crippen LogP contribution >= 0.6 is 0 Å². The number of anilines is 1. The minimum Gasteiger partial charge on any atom is -0.460 e. The molecule has 6 atom stereocenters. The fraction of sp³-hybridized carbons (Fsp3) is 0.710. The monoisotopic (exact) mass is 569 g/mol. The van der Waals surface area contributed by atoms with Gasteiger partial charge in [-0.2, -0.15) is 0 Å². The molecule has 0 radical (unpaired) electrons. The normalized spacial score (nSPS) is 27.7. The van der Waals surface area contributed by atoms with Gasteiger partial charge in [-0.3, -0.25) is 9.59 Å². The van der Waals surface area contributed by atoms with Gasteiger partial charge < -0.3 is 30.0 Å². The Hall–Kier alpha value is -2.59. The van der Waals surface area contributed by atoms with E-state index < -0.39 is 42.2 Å². The van der Waals surface area contributed by atoms with Crippen molar-refractivity contribution < 1.29 is 28.4 Å². The van der Waals surface area contributed by atoms with E-state index in [9.17, 15) is 14.4 Å². The van der Waals surface area contributed by atoms with Crippen LogP contribution in [0.25, 0.3) is 0 Å². The predicted molar refractivity (Wildman–Crippen MR) is 159 cm³/mol. The van der Waals surface area contributed by atoms with Crippen LogP contribution in [0.1, 0.15) is 81.1 Å². The molecule has 2 bridgehead atoms. The van der Waals surface area contributed by atoms with Gasteiger partial charge in [0.05, 0.1) is 30.0 Å². The van der Waals surface area contributed by atoms with Gasteiger partial charge in [-0.05, 0) is 82.3 Å². The molecule has 41 heavy (non-hydrogen) atoms. The van der Waals surface area contributed by atoms with E-state index in [2.05, 4.69) is 50.6 Å². The van der Waals surface area contributed by atoms with Crippen molar-refractivity contribution in [3.05, 3.63) is 30.3 Å². The largest absolute Gasteiger partial charge is 0.481 e. The smallest absolute Gasteiger partial charge is 0.460 e. The van der Waals surface area contributed by atoms with E-state index in [-0.39, 0.29) is 36.3 Å². The predicted octanol–water partition coefficient (Wildman–Crippen LogP) is 4.95. The summed E-state index contributed by atoms with van der Waals surface area (Å²) in [4.78, 5) is 39.1. The van der Waals surface area contributed by atoms with Gasteiger partial charge in [0.2, 0.25) is 5.91 Å². The molecule has 1 aliphatic heterocycles. The number of amides is 3. The first kappa shape index (κ1) is 31.4. The van der Waals surface area contributed by atoms with Crippen LogP contribution < -0.4 is 16.0 Å². The summed E-state index contributed by atoms with van der Waals surface area (Å²) in [6, 6.07) is 8.57. The zero-order valence-corrected chi connectivity index (χ0v) is 25.9. The summed E-state index contributed by atoms with van der Waals surface area (Å²) in [5, 5.41) is 8.64. The Labute approximate surface area is 245 Å². The zero-order chi connectivity index (χ0) is 30.2. The second kappa shape index (κ2) is 12.0. The van der Waals surface area contributed by atoms with E-state index in [1.54, 1.807) is 32.9 Å². The molecule has 1 aromatic carbocycles. The van der Waals surface area contributed by atoms with E-state index in [1.165, 1.54) is 0 Å². The molecular weight excluding hydrogens is 521 g/mol. The molecule has 1 aromatic rings. The number of urea groups is 1. The fourth-order valence-electron chi connectivity index (χ4n) is 6.87. The lowest BCUT2D eigenvalue weighted by Crippen LogP contribution is -2.65. The zero-order valence-electron chi connectivity index (χ0n) is 25.9. The van der Waals surface area contributed by atoms with Crippen molar-refractivity contribution in [2.24, 2.45) is 29.1 Å². The Morgan fingerprint density at radius 3 is 2.39 bits per heavy atom. The van der Waals surface area contributed by atoms with Crippen molar-refractivity contribution in [3.63, 3.8) is 0 Å². The summed E-state index contributed by atoms with van der Waals surface area (Å²) in [6.45, 7) is 16.3. The van der Waals surface area contributed by atoms with Gasteiger partial charge in [-0.1, -0.05) is 45.9 Å².